The van der Waals surface area contributed by atoms with Crippen molar-refractivity contribution < 1.29 is 0 Å². The molecule has 0 fully saturated rings. The molecule has 1 aromatic heterocycles. The zero-order valence-corrected chi connectivity index (χ0v) is 9.51. The predicted molar refractivity (Wildman–Crippen MR) is 61.8 cm³/mol. The second-order valence-electron chi connectivity index (χ2n) is 3.80. The lowest BCUT2D eigenvalue weighted by atomic mass is 10.1. The minimum Gasteiger partial charge on any atom is -0.329 e. The topological polar surface area (TPSA) is 69.6 Å². The Morgan fingerprint density at radius 1 is 1.25 bits per heavy atom. The van der Waals surface area contributed by atoms with Crippen LogP contribution in [0.1, 0.15) is 11.1 Å². The van der Waals surface area contributed by atoms with Crippen molar-refractivity contribution in [2.75, 3.05) is 6.54 Å². The van der Waals surface area contributed by atoms with E-state index < -0.39 is 0 Å². The fraction of sp³-hybridized carbons (Fsp3) is 0.364. The molecular weight excluding hydrogens is 202 g/mol. The van der Waals surface area contributed by atoms with Crippen LogP contribution in [-0.4, -0.2) is 26.8 Å². The van der Waals surface area contributed by atoms with Crippen molar-refractivity contribution in [1.29, 1.82) is 0 Å². The number of tetrazole rings is 1. The number of nitrogens with two attached hydrogens (primary N) is 1. The van der Waals surface area contributed by atoms with E-state index in [9.17, 15) is 0 Å². The average Bonchev–Trinajstić information content (AvgIpc) is 2.71. The molecule has 2 N–H and O–H groups in total. The van der Waals surface area contributed by atoms with E-state index in [0.717, 1.165) is 5.56 Å². The Labute approximate surface area is 94.3 Å². The summed E-state index contributed by atoms with van der Waals surface area (Å²) in [5.41, 5.74) is 8.91. The number of hydrogen-bond donors (Lipinski definition) is 1. The third kappa shape index (κ3) is 2.09. The first kappa shape index (κ1) is 10.8. The van der Waals surface area contributed by atoms with Crippen molar-refractivity contribution in [3.05, 3.63) is 29.3 Å². The van der Waals surface area contributed by atoms with Crippen LogP contribution < -0.4 is 5.73 Å². The predicted octanol–water partition coefficient (Wildman–Crippen LogP) is 0.916. The fourth-order valence-electron chi connectivity index (χ4n) is 1.45. The highest BCUT2D eigenvalue weighted by Crippen LogP contribution is 2.17. The van der Waals surface area contributed by atoms with Crippen LogP contribution in [0.4, 0.5) is 0 Å². The molecule has 0 unspecified atom stereocenters. The van der Waals surface area contributed by atoms with Crippen molar-refractivity contribution in [3.8, 4) is 11.4 Å². The van der Waals surface area contributed by atoms with Crippen molar-refractivity contribution in [1.82, 2.24) is 20.2 Å². The summed E-state index contributed by atoms with van der Waals surface area (Å²) in [5.74, 6) is 0.650. The van der Waals surface area contributed by atoms with E-state index >= 15 is 0 Å². The van der Waals surface area contributed by atoms with Crippen molar-refractivity contribution in [3.63, 3.8) is 0 Å². The summed E-state index contributed by atoms with van der Waals surface area (Å²) < 4.78 is 0. The van der Waals surface area contributed by atoms with Crippen LogP contribution in [0.15, 0.2) is 18.2 Å². The normalized spacial score (nSPS) is 10.7. The van der Waals surface area contributed by atoms with Crippen molar-refractivity contribution in [2.45, 2.75) is 20.4 Å². The summed E-state index contributed by atoms with van der Waals surface area (Å²) in [5, 5.41) is 12.2. The second kappa shape index (κ2) is 4.40. The summed E-state index contributed by atoms with van der Waals surface area (Å²) >= 11 is 0. The van der Waals surface area contributed by atoms with E-state index in [1.54, 1.807) is 0 Å². The summed E-state index contributed by atoms with van der Waals surface area (Å²) in [7, 11) is 0. The molecule has 2 aromatic rings. The Morgan fingerprint density at radius 3 is 2.75 bits per heavy atom. The molecule has 0 amide bonds. The second-order valence-corrected chi connectivity index (χ2v) is 3.80. The van der Waals surface area contributed by atoms with Gasteiger partial charge in [-0.3, -0.25) is 0 Å². The molecule has 16 heavy (non-hydrogen) atoms. The average molecular weight is 217 g/mol. The maximum Gasteiger partial charge on any atom is 0.204 e. The van der Waals surface area contributed by atoms with Gasteiger partial charge in [0.1, 0.15) is 0 Å². The first-order valence-corrected chi connectivity index (χ1v) is 5.26. The van der Waals surface area contributed by atoms with E-state index in [4.69, 9.17) is 5.73 Å². The monoisotopic (exact) mass is 217 g/mol. The molecule has 0 saturated heterocycles. The van der Waals surface area contributed by atoms with Crippen molar-refractivity contribution >= 4 is 0 Å². The standard InChI is InChI=1S/C11H15N5/c1-8-3-4-10(7-9(8)2)11-13-15-16(14-11)6-5-12/h3-4,7H,5-6,12H2,1-2H3. The Kier molecular flexibility index (Phi) is 2.96. The molecule has 0 aliphatic heterocycles. The lowest BCUT2D eigenvalue weighted by molar-refractivity contribution is 0.531. The first-order valence-electron chi connectivity index (χ1n) is 5.26. The van der Waals surface area contributed by atoms with Crippen LogP contribution in [0, 0.1) is 13.8 Å². The molecule has 0 saturated carbocycles. The minimum absolute atomic E-state index is 0.517. The van der Waals surface area contributed by atoms with E-state index in [2.05, 4.69) is 41.4 Å². The van der Waals surface area contributed by atoms with Gasteiger partial charge in [-0.25, -0.2) is 0 Å². The molecule has 1 heterocycles. The molecule has 0 atom stereocenters. The third-order valence-corrected chi connectivity index (χ3v) is 2.55. The van der Waals surface area contributed by atoms with Crippen LogP contribution in [-0.2, 0) is 6.54 Å². The molecule has 5 heteroatoms. The van der Waals surface area contributed by atoms with Crippen LogP contribution in [0.25, 0.3) is 11.4 Å². The maximum atomic E-state index is 5.42. The minimum atomic E-state index is 0.517. The van der Waals surface area contributed by atoms with Gasteiger partial charge in [0.05, 0.1) is 6.54 Å². The maximum absolute atomic E-state index is 5.42. The molecule has 2 rings (SSSR count). The number of aromatic nitrogens is 4. The number of hydrogen-bond acceptors (Lipinski definition) is 4. The molecule has 5 nitrogen and oxygen atoms in total. The quantitative estimate of drug-likeness (QED) is 0.829. The summed E-state index contributed by atoms with van der Waals surface area (Å²) in [6, 6.07) is 6.14. The molecule has 1 aromatic carbocycles. The third-order valence-electron chi connectivity index (χ3n) is 2.55. The Hall–Kier alpha value is -1.75. The van der Waals surface area contributed by atoms with Gasteiger partial charge in [-0.05, 0) is 36.3 Å². The van der Waals surface area contributed by atoms with Crippen LogP contribution in [0.5, 0.6) is 0 Å². The van der Waals surface area contributed by atoms with Gasteiger partial charge in [-0.1, -0.05) is 12.1 Å². The zero-order valence-electron chi connectivity index (χ0n) is 9.51. The summed E-state index contributed by atoms with van der Waals surface area (Å²) in [6.07, 6.45) is 0. The lowest BCUT2D eigenvalue weighted by Gasteiger charge is -2.00. The number of aryl methyl sites for hydroxylation is 2. The molecule has 84 valence electrons. The van der Waals surface area contributed by atoms with E-state index in [1.807, 2.05) is 6.07 Å². The molecule has 0 aliphatic carbocycles. The van der Waals surface area contributed by atoms with Gasteiger partial charge in [-0.15, -0.1) is 10.2 Å². The van der Waals surface area contributed by atoms with Crippen LogP contribution in [0.2, 0.25) is 0 Å². The molecule has 0 aliphatic rings. The van der Waals surface area contributed by atoms with Crippen molar-refractivity contribution in [2.24, 2.45) is 5.73 Å². The van der Waals surface area contributed by atoms with E-state index in [-0.39, 0.29) is 0 Å². The Balaban J connectivity index is 2.31. The van der Waals surface area contributed by atoms with Gasteiger partial charge < -0.3 is 5.73 Å². The van der Waals surface area contributed by atoms with Gasteiger partial charge in [0.25, 0.3) is 0 Å². The fourth-order valence-corrected chi connectivity index (χ4v) is 1.45. The van der Waals surface area contributed by atoms with Gasteiger partial charge >= 0.3 is 0 Å². The van der Waals surface area contributed by atoms with Gasteiger partial charge in [0.15, 0.2) is 0 Å². The SMILES string of the molecule is Cc1ccc(-c2nnn(CCN)n2)cc1C. The first-order chi connectivity index (χ1) is 7.70. The Morgan fingerprint density at radius 2 is 2.06 bits per heavy atom. The Bertz CT molecular complexity index is 489. The number of nitrogens with zero attached hydrogens (tertiary/aromatic N) is 4. The van der Waals surface area contributed by atoms with E-state index in [0.29, 0.717) is 18.9 Å². The zero-order chi connectivity index (χ0) is 11.5. The van der Waals surface area contributed by atoms with Gasteiger partial charge in [0, 0.05) is 12.1 Å². The van der Waals surface area contributed by atoms with Crippen LogP contribution in [0.3, 0.4) is 0 Å². The molecule has 0 bridgehead atoms. The van der Waals surface area contributed by atoms with Gasteiger partial charge in [0.2, 0.25) is 5.82 Å². The molecule has 0 radical (unpaired) electrons. The highest BCUT2D eigenvalue weighted by atomic mass is 15.6. The summed E-state index contributed by atoms with van der Waals surface area (Å²) in [6.45, 7) is 5.27. The smallest absolute Gasteiger partial charge is 0.204 e. The van der Waals surface area contributed by atoms with Crippen LogP contribution >= 0.6 is 0 Å². The highest BCUT2D eigenvalue weighted by Gasteiger charge is 2.06. The van der Waals surface area contributed by atoms with Gasteiger partial charge in [-0.2, -0.15) is 4.80 Å². The number of rotatable bonds is 3. The molecule has 0 spiro atoms. The largest absolute Gasteiger partial charge is 0.329 e. The number of benzene rings is 1. The lowest BCUT2D eigenvalue weighted by Crippen LogP contribution is -2.12. The summed E-state index contributed by atoms with van der Waals surface area (Å²) in [4.78, 5) is 1.52. The van der Waals surface area contributed by atoms with E-state index in [1.165, 1.54) is 15.9 Å². The molecular formula is C11H15N5. The highest BCUT2D eigenvalue weighted by molar-refractivity contribution is 5.56.